The predicted octanol–water partition coefficient (Wildman–Crippen LogP) is 0.429. The molecule has 1 fully saturated rings. The van der Waals surface area contributed by atoms with Gasteiger partial charge in [0.25, 0.3) is 0 Å². The third kappa shape index (κ3) is 7.67. The number of hydrogen-bond donors (Lipinski definition) is 3. The van der Waals surface area contributed by atoms with E-state index >= 15 is 0 Å². The molecule has 0 saturated carbocycles. The van der Waals surface area contributed by atoms with E-state index in [4.69, 9.17) is 9.76 Å². The van der Waals surface area contributed by atoms with E-state index in [1.165, 1.54) is 4.68 Å². The summed E-state index contributed by atoms with van der Waals surface area (Å²) in [5, 5.41) is 30.0. The number of aromatic nitrogens is 5. The van der Waals surface area contributed by atoms with Crippen LogP contribution in [0, 0.1) is 0 Å². The van der Waals surface area contributed by atoms with Crippen molar-refractivity contribution in [3.05, 3.63) is 72.1 Å². The minimum Gasteiger partial charge on any atom is -0.481 e. The summed E-state index contributed by atoms with van der Waals surface area (Å²) in [6.07, 6.45) is 5.32. The van der Waals surface area contributed by atoms with E-state index in [1.54, 1.807) is 18.6 Å². The molecule has 3 N–H and O–H groups in total. The fraction of sp³-hybridized carbons (Fsp3) is 0.391. The fourth-order valence-electron chi connectivity index (χ4n) is 4.08. The van der Waals surface area contributed by atoms with E-state index in [0.717, 1.165) is 11.4 Å². The number of carboxylic acids is 1. The monoisotopic (exact) mass is 493 g/mol. The van der Waals surface area contributed by atoms with Crippen LogP contribution in [0.25, 0.3) is 0 Å². The number of pyridine rings is 2. The van der Waals surface area contributed by atoms with Crippen LogP contribution in [0.2, 0.25) is 0 Å². The fourth-order valence-corrected chi connectivity index (χ4v) is 4.08. The summed E-state index contributed by atoms with van der Waals surface area (Å²) in [5.74, 6) is -1.96. The first-order chi connectivity index (χ1) is 17.4. The van der Waals surface area contributed by atoms with E-state index in [1.807, 2.05) is 36.4 Å². The molecule has 0 spiro atoms. The van der Waals surface area contributed by atoms with Crippen LogP contribution in [-0.4, -0.2) is 71.0 Å². The SMILES string of the molecule is O=C(O)C[C@@H]1CC[C@H](NC(=O)Cn2cc(CN(Cc3ccccn3)Cc3ccccn3)nn2)B(O)O1. The molecule has 0 unspecified atom stereocenters. The van der Waals surface area contributed by atoms with Crippen molar-refractivity contribution in [2.75, 3.05) is 0 Å². The predicted molar refractivity (Wildman–Crippen MR) is 128 cm³/mol. The molecular formula is C23H28BN7O5. The number of nitrogens with one attached hydrogen (secondary N) is 1. The first-order valence-electron chi connectivity index (χ1n) is 11.7. The van der Waals surface area contributed by atoms with Gasteiger partial charge in [-0.3, -0.25) is 24.5 Å². The molecule has 3 aromatic rings. The van der Waals surface area contributed by atoms with Crippen LogP contribution in [-0.2, 0) is 40.4 Å². The molecular weight excluding hydrogens is 465 g/mol. The summed E-state index contributed by atoms with van der Waals surface area (Å²) in [4.78, 5) is 34.3. The highest BCUT2D eigenvalue weighted by Gasteiger charge is 2.36. The van der Waals surface area contributed by atoms with Gasteiger partial charge in [0.1, 0.15) is 6.54 Å². The molecule has 1 aliphatic heterocycles. The second-order valence-corrected chi connectivity index (χ2v) is 8.69. The Labute approximate surface area is 208 Å². The highest BCUT2D eigenvalue weighted by molar-refractivity contribution is 6.45. The van der Waals surface area contributed by atoms with Gasteiger partial charge < -0.3 is 20.1 Å². The van der Waals surface area contributed by atoms with Gasteiger partial charge in [-0.1, -0.05) is 17.3 Å². The van der Waals surface area contributed by atoms with Crippen molar-refractivity contribution in [3.8, 4) is 0 Å². The van der Waals surface area contributed by atoms with Crippen LogP contribution in [0.15, 0.2) is 55.0 Å². The summed E-state index contributed by atoms with van der Waals surface area (Å²) < 4.78 is 6.75. The Morgan fingerprint density at radius 1 is 1.06 bits per heavy atom. The Morgan fingerprint density at radius 3 is 2.31 bits per heavy atom. The van der Waals surface area contributed by atoms with Gasteiger partial charge in [-0.15, -0.1) is 5.10 Å². The Balaban J connectivity index is 1.32. The third-order valence-corrected chi connectivity index (χ3v) is 5.73. The maximum Gasteiger partial charge on any atom is 0.478 e. The van der Waals surface area contributed by atoms with Gasteiger partial charge in [0, 0.05) is 32.0 Å². The normalized spacial score (nSPS) is 17.8. The van der Waals surface area contributed by atoms with E-state index in [0.29, 0.717) is 38.2 Å². The van der Waals surface area contributed by atoms with Crippen LogP contribution in [0.4, 0.5) is 0 Å². The zero-order valence-electron chi connectivity index (χ0n) is 19.7. The molecule has 12 nitrogen and oxygen atoms in total. The average molecular weight is 493 g/mol. The van der Waals surface area contributed by atoms with Crippen molar-refractivity contribution >= 4 is 19.0 Å². The van der Waals surface area contributed by atoms with Crippen molar-refractivity contribution in [1.29, 1.82) is 0 Å². The van der Waals surface area contributed by atoms with Gasteiger partial charge in [0.05, 0.1) is 41.7 Å². The highest BCUT2D eigenvalue weighted by atomic mass is 16.5. The molecule has 1 saturated heterocycles. The first kappa shape index (κ1) is 25.4. The second kappa shape index (κ2) is 12.3. The van der Waals surface area contributed by atoms with Gasteiger partial charge in [-0.2, -0.15) is 0 Å². The minimum absolute atomic E-state index is 0.0742. The summed E-state index contributed by atoms with van der Waals surface area (Å²) in [5.41, 5.74) is 2.52. The van der Waals surface area contributed by atoms with Crippen molar-refractivity contribution < 1.29 is 24.4 Å². The summed E-state index contributed by atoms with van der Waals surface area (Å²) >= 11 is 0. The van der Waals surface area contributed by atoms with Crippen molar-refractivity contribution in [3.63, 3.8) is 0 Å². The number of carboxylic acid groups (broad SMARTS) is 1. The van der Waals surface area contributed by atoms with Gasteiger partial charge >= 0.3 is 13.1 Å². The third-order valence-electron chi connectivity index (χ3n) is 5.73. The highest BCUT2D eigenvalue weighted by Crippen LogP contribution is 2.18. The lowest BCUT2D eigenvalue weighted by molar-refractivity contribution is -0.139. The van der Waals surface area contributed by atoms with Crippen LogP contribution in [0.1, 0.15) is 36.3 Å². The maximum absolute atomic E-state index is 12.5. The molecule has 36 heavy (non-hydrogen) atoms. The molecule has 0 aliphatic carbocycles. The largest absolute Gasteiger partial charge is 0.481 e. The van der Waals surface area contributed by atoms with Crippen LogP contribution in [0.5, 0.6) is 0 Å². The number of carbonyl (C=O) groups is 2. The lowest BCUT2D eigenvalue weighted by Crippen LogP contribution is -2.53. The molecule has 4 rings (SSSR count). The number of amides is 1. The van der Waals surface area contributed by atoms with Gasteiger partial charge in [0.2, 0.25) is 5.91 Å². The molecule has 3 aromatic heterocycles. The summed E-state index contributed by atoms with van der Waals surface area (Å²) in [6, 6.07) is 11.5. The smallest absolute Gasteiger partial charge is 0.478 e. The Morgan fingerprint density at radius 2 is 1.72 bits per heavy atom. The molecule has 188 valence electrons. The molecule has 2 atom stereocenters. The van der Waals surface area contributed by atoms with Gasteiger partial charge in [-0.25, -0.2) is 4.68 Å². The molecule has 0 aromatic carbocycles. The Hall–Kier alpha value is -3.68. The lowest BCUT2D eigenvalue weighted by atomic mass is 9.72. The van der Waals surface area contributed by atoms with E-state index < -0.39 is 25.1 Å². The van der Waals surface area contributed by atoms with Crippen molar-refractivity contribution in [2.24, 2.45) is 0 Å². The molecule has 1 amide bonds. The Kier molecular flexibility index (Phi) is 8.71. The van der Waals surface area contributed by atoms with Crippen LogP contribution >= 0.6 is 0 Å². The van der Waals surface area contributed by atoms with Gasteiger partial charge in [0.15, 0.2) is 0 Å². The lowest BCUT2D eigenvalue weighted by Gasteiger charge is -2.30. The number of carbonyl (C=O) groups excluding carboxylic acids is 1. The molecule has 1 aliphatic rings. The van der Waals surface area contributed by atoms with Crippen LogP contribution in [0.3, 0.4) is 0 Å². The molecule has 0 radical (unpaired) electrons. The number of nitrogens with zero attached hydrogens (tertiary/aromatic N) is 6. The second-order valence-electron chi connectivity index (χ2n) is 8.69. The maximum atomic E-state index is 12.5. The van der Waals surface area contributed by atoms with Crippen molar-refractivity contribution in [2.45, 2.75) is 57.5 Å². The zero-order chi connectivity index (χ0) is 25.3. The van der Waals surface area contributed by atoms with Crippen LogP contribution < -0.4 is 5.32 Å². The van der Waals surface area contributed by atoms with E-state index in [-0.39, 0.29) is 18.9 Å². The Bertz CT molecular complexity index is 1090. The zero-order valence-corrected chi connectivity index (χ0v) is 19.7. The minimum atomic E-state index is -1.26. The molecule has 4 heterocycles. The standard InChI is InChI=1S/C23H28BN7O5/c32-22(27-21-8-7-20(11-23(33)34)36-24(21)35)16-31-15-19(28-29-31)14-30(12-17-5-1-3-9-25-17)13-18-6-2-4-10-26-18/h1-6,9-10,15,20-21,35H,7-8,11-14,16H2,(H,27,32)(H,33,34)/t20-,21-/m0/s1. The first-order valence-corrected chi connectivity index (χ1v) is 11.7. The topological polar surface area (TPSA) is 156 Å². The quantitative estimate of drug-likeness (QED) is 0.320. The van der Waals surface area contributed by atoms with E-state index in [2.05, 4.69) is 30.5 Å². The molecule has 0 bridgehead atoms. The number of hydrogen-bond acceptors (Lipinski definition) is 9. The van der Waals surface area contributed by atoms with Crippen molar-refractivity contribution in [1.82, 2.24) is 35.2 Å². The van der Waals surface area contributed by atoms with E-state index in [9.17, 15) is 14.6 Å². The van der Waals surface area contributed by atoms with Gasteiger partial charge in [-0.05, 0) is 37.1 Å². The summed E-state index contributed by atoms with van der Waals surface area (Å²) in [7, 11) is -1.26. The number of aliphatic carboxylic acids is 1. The summed E-state index contributed by atoms with van der Waals surface area (Å²) in [6.45, 7) is 1.59. The average Bonchev–Trinajstić information content (AvgIpc) is 3.28. The number of rotatable bonds is 11. The molecule has 13 heteroatoms.